The summed E-state index contributed by atoms with van der Waals surface area (Å²) in [5.74, 6) is 2.67. The molecule has 0 unspecified atom stereocenters. The second-order valence-corrected chi connectivity index (χ2v) is 10.2. The molecular weight excluding hydrogens is 384 g/mol. The normalized spacial score (nSPS) is 27.4. The van der Waals surface area contributed by atoms with E-state index >= 15 is 0 Å². The molecule has 1 aromatic rings. The fraction of sp³-hybridized carbons (Fsp3) is 0.652. The predicted molar refractivity (Wildman–Crippen MR) is 116 cm³/mol. The van der Waals surface area contributed by atoms with Crippen molar-refractivity contribution in [3.63, 3.8) is 0 Å². The first kappa shape index (κ1) is 20.6. The molecule has 158 valence electrons. The molecule has 3 saturated heterocycles. The smallest absolute Gasteiger partial charge is 0.246 e. The maximum Gasteiger partial charge on any atom is 0.246 e. The molecule has 0 aromatic heterocycles. The summed E-state index contributed by atoms with van der Waals surface area (Å²) in [6.07, 6.45) is 5.82. The largest absolute Gasteiger partial charge is 0.494 e. The third-order valence-electron chi connectivity index (χ3n) is 6.73. The number of aryl methyl sites for hydroxylation is 1. The lowest BCUT2D eigenvalue weighted by Crippen LogP contribution is -2.52. The highest BCUT2D eigenvalue weighted by Gasteiger charge is 2.53. The molecule has 0 N–H and O–H groups in total. The Hall–Kier alpha value is -1.69. The predicted octanol–water partition coefficient (Wildman–Crippen LogP) is 3.71. The van der Waals surface area contributed by atoms with Gasteiger partial charge in [0.25, 0.3) is 0 Å². The van der Waals surface area contributed by atoms with Gasteiger partial charge < -0.3 is 14.5 Å². The number of hydrogen-bond donors (Lipinski definition) is 0. The van der Waals surface area contributed by atoms with Crippen molar-refractivity contribution in [2.24, 2.45) is 5.92 Å². The number of fused-ring (bicyclic) bond motifs is 1. The van der Waals surface area contributed by atoms with Crippen molar-refractivity contribution in [1.29, 1.82) is 0 Å². The van der Waals surface area contributed by atoms with Crippen LogP contribution in [0.15, 0.2) is 24.3 Å². The Labute approximate surface area is 178 Å². The second kappa shape index (κ2) is 8.58. The Morgan fingerprint density at radius 3 is 2.66 bits per heavy atom. The minimum atomic E-state index is -0.250. The zero-order valence-corrected chi connectivity index (χ0v) is 18.4. The molecule has 5 nitrogen and oxygen atoms in total. The van der Waals surface area contributed by atoms with E-state index in [1.54, 1.807) is 11.8 Å². The fourth-order valence-electron chi connectivity index (χ4n) is 4.95. The van der Waals surface area contributed by atoms with E-state index in [1.165, 1.54) is 5.56 Å². The van der Waals surface area contributed by atoms with Crippen LogP contribution in [0, 0.1) is 5.92 Å². The number of thioether (sulfide) groups is 1. The summed E-state index contributed by atoms with van der Waals surface area (Å²) in [6.45, 7) is 6.46. The van der Waals surface area contributed by atoms with Crippen LogP contribution in [-0.2, 0) is 16.0 Å². The van der Waals surface area contributed by atoms with Gasteiger partial charge in [0.05, 0.1) is 11.5 Å². The number of amides is 2. The van der Waals surface area contributed by atoms with Gasteiger partial charge in [-0.3, -0.25) is 9.59 Å². The molecule has 29 heavy (non-hydrogen) atoms. The van der Waals surface area contributed by atoms with Crippen molar-refractivity contribution in [2.45, 2.75) is 63.3 Å². The average molecular weight is 417 g/mol. The van der Waals surface area contributed by atoms with Crippen molar-refractivity contribution >= 4 is 23.6 Å². The topological polar surface area (TPSA) is 49.9 Å². The van der Waals surface area contributed by atoms with Gasteiger partial charge in [0, 0.05) is 25.3 Å². The van der Waals surface area contributed by atoms with Crippen LogP contribution in [0.1, 0.15) is 51.5 Å². The molecule has 2 amide bonds. The maximum absolute atomic E-state index is 13.1. The number of carbonyl (C=O) groups excluding carboxylic acids is 2. The van der Waals surface area contributed by atoms with Gasteiger partial charge in [-0.1, -0.05) is 12.1 Å². The monoisotopic (exact) mass is 416 g/mol. The lowest BCUT2D eigenvalue weighted by Gasteiger charge is -2.36. The quantitative estimate of drug-likeness (QED) is 0.709. The number of rotatable bonds is 6. The Kier molecular flexibility index (Phi) is 6.09. The van der Waals surface area contributed by atoms with Gasteiger partial charge in [-0.2, -0.15) is 0 Å². The molecule has 3 aliphatic heterocycles. The van der Waals surface area contributed by atoms with Crippen molar-refractivity contribution < 1.29 is 14.3 Å². The number of likely N-dealkylation sites (tertiary alicyclic amines) is 1. The summed E-state index contributed by atoms with van der Waals surface area (Å²) in [4.78, 5) is 29.2. The van der Waals surface area contributed by atoms with E-state index in [9.17, 15) is 9.59 Å². The van der Waals surface area contributed by atoms with E-state index < -0.39 is 0 Å². The maximum atomic E-state index is 13.1. The van der Waals surface area contributed by atoms with Crippen LogP contribution in [0.5, 0.6) is 5.75 Å². The van der Waals surface area contributed by atoms with Crippen LogP contribution in [0.4, 0.5) is 0 Å². The molecule has 0 aliphatic carbocycles. The number of benzene rings is 1. The lowest BCUT2D eigenvalue weighted by atomic mass is 9.90. The van der Waals surface area contributed by atoms with Gasteiger partial charge in [-0.15, -0.1) is 11.8 Å². The van der Waals surface area contributed by atoms with Crippen LogP contribution >= 0.6 is 11.8 Å². The van der Waals surface area contributed by atoms with E-state index in [0.717, 1.165) is 56.7 Å². The molecule has 3 aliphatic rings. The lowest BCUT2D eigenvalue weighted by molar-refractivity contribution is -0.144. The zero-order valence-electron chi connectivity index (χ0n) is 17.6. The number of piperidine rings is 1. The van der Waals surface area contributed by atoms with Gasteiger partial charge in [-0.05, 0) is 69.6 Å². The van der Waals surface area contributed by atoms with Crippen LogP contribution in [0.25, 0.3) is 0 Å². The van der Waals surface area contributed by atoms with E-state index in [2.05, 4.69) is 19.1 Å². The number of ether oxygens (including phenoxy) is 1. The fourth-order valence-corrected chi connectivity index (χ4v) is 6.37. The number of carbonyl (C=O) groups is 2. The first-order chi connectivity index (χ1) is 14.0. The molecule has 0 saturated carbocycles. The Morgan fingerprint density at radius 1 is 1.24 bits per heavy atom. The van der Waals surface area contributed by atoms with Gasteiger partial charge in [0.2, 0.25) is 11.8 Å². The average Bonchev–Trinajstić information content (AvgIpc) is 3.23. The number of hydrogen-bond acceptors (Lipinski definition) is 4. The van der Waals surface area contributed by atoms with E-state index in [0.29, 0.717) is 18.9 Å². The molecule has 3 heterocycles. The zero-order chi connectivity index (χ0) is 20.4. The highest BCUT2D eigenvalue weighted by Crippen LogP contribution is 2.47. The third kappa shape index (κ3) is 4.27. The summed E-state index contributed by atoms with van der Waals surface area (Å²) in [5.41, 5.74) is 1.35. The minimum absolute atomic E-state index is 0.154. The van der Waals surface area contributed by atoms with E-state index in [-0.39, 0.29) is 22.7 Å². The van der Waals surface area contributed by atoms with Gasteiger partial charge in [0.15, 0.2) is 0 Å². The molecule has 3 fully saturated rings. The molecule has 0 radical (unpaired) electrons. The van der Waals surface area contributed by atoms with Crippen LogP contribution in [-0.4, -0.2) is 58.0 Å². The van der Waals surface area contributed by atoms with Crippen molar-refractivity contribution in [3.05, 3.63) is 29.8 Å². The van der Waals surface area contributed by atoms with Crippen molar-refractivity contribution in [2.75, 3.05) is 25.4 Å². The summed E-state index contributed by atoms with van der Waals surface area (Å²) in [6, 6.07) is 8.16. The Bertz CT molecular complexity index is 745. The SMILES string of the molecule is CCOc1ccc(CCC2CCN(C(=O)[C@@H]3CS[C@@]4(C)CCC(=O)N34)CC2)cc1. The van der Waals surface area contributed by atoms with E-state index in [1.807, 2.05) is 28.9 Å². The van der Waals surface area contributed by atoms with Crippen LogP contribution in [0.3, 0.4) is 0 Å². The summed E-state index contributed by atoms with van der Waals surface area (Å²) in [5, 5.41) is 0. The molecule has 6 heteroatoms. The molecule has 0 spiro atoms. The van der Waals surface area contributed by atoms with Crippen molar-refractivity contribution in [1.82, 2.24) is 9.80 Å². The second-order valence-electron chi connectivity index (χ2n) is 8.65. The first-order valence-electron chi connectivity index (χ1n) is 11.0. The molecule has 4 rings (SSSR count). The molecule has 0 bridgehead atoms. The van der Waals surface area contributed by atoms with Gasteiger partial charge >= 0.3 is 0 Å². The minimum Gasteiger partial charge on any atom is -0.494 e. The number of nitrogens with zero attached hydrogens (tertiary/aromatic N) is 2. The third-order valence-corrected chi connectivity index (χ3v) is 8.24. The first-order valence-corrected chi connectivity index (χ1v) is 12.0. The van der Waals surface area contributed by atoms with Gasteiger partial charge in [-0.25, -0.2) is 0 Å². The van der Waals surface area contributed by atoms with Crippen molar-refractivity contribution in [3.8, 4) is 5.75 Å². The highest BCUT2D eigenvalue weighted by atomic mass is 32.2. The van der Waals surface area contributed by atoms with Gasteiger partial charge in [0.1, 0.15) is 11.8 Å². The molecule has 2 atom stereocenters. The van der Waals surface area contributed by atoms with Crippen LogP contribution < -0.4 is 4.74 Å². The van der Waals surface area contributed by atoms with Crippen LogP contribution in [0.2, 0.25) is 0 Å². The summed E-state index contributed by atoms with van der Waals surface area (Å²) in [7, 11) is 0. The summed E-state index contributed by atoms with van der Waals surface area (Å²) < 4.78 is 5.51. The molecule has 1 aromatic carbocycles. The standard InChI is InChI=1S/C23H32N2O3S/c1-3-28-19-8-6-17(7-9-19)4-5-18-11-14-24(15-12-18)22(27)20-16-29-23(2)13-10-21(26)25(20)23/h6-9,18,20H,3-5,10-16H2,1-2H3/t20-,23-/m0/s1. The Morgan fingerprint density at radius 2 is 1.97 bits per heavy atom. The van der Waals surface area contributed by atoms with E-state index in [4.69, 9.17) is 4.74 Å². The molecular formula is C23H32N2O3S. The Balaban J connectivity index is 1.25. The summed E-state index contributed by atoms with van der Waals surface area (Å²) >= 11 is 1.78. The highest BCUT2D eigenvalue weighted by molar-refractivity contribution is 8.01.